The van der Waals surface area contributed by atoms with Crippen molar-refractivity contribution in [2.24, 2.45) is 17.6 Å². The average Bonchev–Trinajstić information content (AvgIpc) is 3.12. The zero-order valence-corrected chi connectivity index (χ0v) is 17.4. The van der Waals surface area contributed by atoms with Gasteiger partial charge < -0.3 is 16.0 Å². The highest BCUT2D eigenvalue weighted by molar-refractivity contribution is 6.01. The Kier molecular flexibility index (Phi) is 5.32. The quantitative estimate of drug-likeness (QED) is 0.672. The minimum Gasteiger partial charge on any atom is -0.369 e. The number of halogens is 5. The number of hydrogen-bond donors (Lipinski definition) is 2. The summed E-state index contributed by atoms with van der Waals surface area (Å²) in [6.07, 6.45) is -4.22. The molecule has 1 atom stereocenters. The molecular weight excluding hydrogens is 437 g/mol. The molecule has 1 saturated heterocycles. The Bertz CT molecular complexity index is 945. The van der Waals surface area contributed by atoms with Gasteiger partial charge in [0.25, 0.3) is 5.91 Å². The lowest BCUT2D eigenvalue weighted by Crippen LogP contribution is -2.52. The monoisotopic (exact) mass is 461 g/mol. The Hall–Kier alpha value is -2.53. The van der Waals surface area contributed by atoms with Crippen molar-refractivity contribution in [2.75, 3.05) is 18.0 Å². The van der Waals surface area contributed by atoms with Crippen molar-refractivity contribution in [3.63, 3.8) is 0 Å². The predicted octanol–water partition coefficient (Wildman–Crippen LogP) is 2.81. The van der Waals surface area contributed by atoms with E-state index < -0.39 is 47.1 Å². The maximum absolute atomic E-state index is 13.8. The fraction of sp³-hybridized carbons (Fsp3) is 0.700. The Morgan fingerprint density at radius 1 is 1.12 bits per heavy atom. The van der Waals surface area contributed by atoms with Crippen LogP contribution in [0, 0.1) is 18.8 Å². The third kappa shape index (κ3) is 3.99. The standard InChI is InChI=1S/C20H24F5N5O2/c1-10-13(17(32)27-18-7-11(8-18)12(9-18)15(26)31)16(29-28-14(10)20(23,24)25)30-5-2-3-19(21,22)4-6-30/h11-12H,2-9H2,1H3,(H2,26,31)(H,27,32)/t11?,12-,18?/m0/s1. The molecule has 2 amide bonds. The molecule has 1 aliphatic heterocycles. The molecule has 1 aromatic heterocycles. The number of fused-ring (bicyclic) bond motifs is 1. The average molecular weight is 461 g/mol. The van der Waals surface area contributed by atoms with E-state index in [0.717, 1.165) is 6.92 Å². The highest BCUT2D eigenvalue weighted by Crippen LogP contribution is 2.55. The van der Waals surface area contributed by atoms with Crippen molar-refractivity contribution in [3.05, 3.63) is 16.8 Å². The van der Waals surface area contributed by atoms with Crippen molar-refractivity contribution < 1.29 is 31.5 Å². The number of alkyl halides is 5. The van der Waals surface area contributed by atoms with Gasteiger partial charge in [-0.3, -0.25) is 9.59 Å². The molecule has 2 heterocycles. The summed E-state index contributed by atoms with van der Waals surface area (Å²) in [5.41, 5.74) is 2.67. The van der Waals surface area contributed by atoms with Crippen molar-refractivity contribution >= 4 is 17.6 Å². The van der Waals surface area contributed by atoms with E-state index in [-0.39, 0.29) is 49.1 Å². The SMILES string of the molecule is Cc1c(C(F)(F)F)nnc(N2CCCC(F)(F)CC2)c1C(=O)NC12CC(C1)[C@@H](C(N)=O)C2. The van der Waals surface area contributed by atoms with Gasteiger partial charge in [0.2, 0.25) is 11.8 Å². The molecular formula is C20H24F5N5O2. The number of anilines is 1. The van der Waals surface area contributed by atoms with Crippen LogP contribution in [-0.2, 0) is 11.0 Å². The number of carbonyl (C=O) groups excluding carboxylic acids is 2. The Balaban J connectivity index is 1.67. The van der Waals surface area contributed by atoms with Crippen LogP contribution < -0.4 is 16.0 Å². The summed E-state index contributed by atoms with van der Waals surface area (Å²) < 4.78 is 68.0. The Labute approximate surface area is 180 Å². The molecule has 2 bridgehead atoms. The summed E-state index contributed by atoms with van der Waals surface area (Å²) in [5, 5.41) is 9.75. The number of nitrogens with one attached hydrogen (secondary N) is 1. The van der Waals surface area contributed by atoms with Crippen LogP contribution in [0.4, 0.5) is 27.8 Å². The van der Waals surface area contributed by atoms with E-state index in [0.29, 0.717) is 19.3 Å². The maximum Gasteiger partial charge on any atom is 0.435 e. The second kappa shape index (κ2) is 7.51. The van der Waals surface area contributed by atoms with Crippen LogP contribution in [0.1, 0.15) is 60.1 Å². The van der Waals surface area contributed by atoms with Gasteiger partial charge in [-0.1, -0.05) is 0 Å². The van der Waals surface area contributed by atoms with Crippen LogP contribution in [0.3, 0.4) is 0 Å². The molecule has 1 aromatic rings. The van der Waals surface area contributed by atoms with Crippen LogP contribution in [0.15, 0.2) is 0 Å². The molecule has 0 aromatic carbocycles. The summed E-state index contributed by atoms with van der Waals surface area (Å²) in [6.45, 7) is 1.08. The fourth-order valence-corrected chi connectivity index (χ4v) is 5.32. The number of primary amides is 1. The lowest BCUT2D eigenvalue weighted by molar-refractivity contribution is -0.142. The summed E-state index contributed by atoms with van der Waals surface area (Å²) in [4.78, 5) is 26.2. The number of carbonyl (C=O) groups is 2. The zero-order valence-electron chi connectivity index (χ0n) is 17.4. The van der Waals surface area contributed by atoms with Gasteiger partial charge in [-0.25, -0.2) is 8.78 Å². The molecule has 4 aliphatic rings. The van der Waals surface area contributed by atoms with Crippen LogP contribution in [0.5, 0.6) is 0 Å². The number of nitrogens with two attached hydrogens (primary N) is 1. The van der Waals surface area contributed by atoms with Gasteiger partial charge in [0.1, 0.15) is 0 Å². The Morgan fingerprint density at radius 2 is 1.81 bits per heavy atom. The maximum atomic E-state index is 13.8. The number of nitrogens with zero attached hydrogens (tertiary/aromatic N) is 3. The summed E-state index contributed by atoms with van der Waals surface area (Å²) >= 11 is 0. The molecule has 4 fully saturated rings. The summed E-state index contributed by atoms with van der Waals surface area (Å²) in [7, 11) is 0. The molecule has 3 saturated carbocycles. The van der Waals surface area contributed by atoms with Gasteiger partial charge in [0, 0.05) is 37.4 Å². The minimum atomic E-state index is -4.83. The van der Waals surface area contributed by atoms with E-state index in [2.05, 4.69) is 15.5 Å². The van der Waals surface area contributed by atoms with E-state index in [1.807, 2.05) is 0 Å². The predicted molar refractivity (Wildman–Crippen MR) is 103 cm³/mol. The number of hydrogen-bond acceptors (Lipinski definition) is 5. The highest BCUT2D eigenvalue weighted by Gasteiger charge is 2.58. The highest BCUT2D eigenvalue weighted by atomic mass is 19.4. The first kappa shape index (κ1) is 22.7. The van der Waals surface area contributed by atoms with Crippen LogP contribution in [0.2, 0.25) is 0 Å². The van der Waals surface area contributed by atoms with Gasteiger partial charge >= 0.3 is 6.18 Å². The first-order chi connectivity index (χ1) is 14.8. The second-order valence-corrected chi connectivity index (χ2v) is 9.18. The van der Waals surface area contributed by atoms with E-state index in [4.69, 9.17) is 5.73 Å². The molecule has 0 radical (unpaired) electrons. The Morgan fingerprint density at radius 3 is 2.41 bits per heavy atom. The van der Waals surface area contributed by atoms with Crippen molar-refractivity contribution in [1.82, 2.24) is 15.5 Å². The molecule has 5 rings (SSSR count). The molecule has 7 nitrogen and oxygen atoms in total. The van der Waals surface area contributed by atoms with Crippen molar-refractivity contribution in [1.29, 1.82) is 0 Å². The smallest absolute Gasteiger partial charge is 0.369 e. The van der Waals surface area contributed by atoms with Crippen LogP contribution in [0.25, 0.3) is 0 Å². The van der Waals surface area contributed by atoms with Gasteiger partial charge in [-0.2, -0.15) is 13.2 Å². The van der Waals surface area contributed by atoms with Crippen molar-refractivity contribution in [2.45, 2.75) is 63.1 Å². The minimum absolute atomic E-state index is 0.0440. The molecule has 0 unspecified atom stereocenters. The van der Waals surface area contributed by atoms with E-state index in [1.54, 1.807) is 0 Å². The summed E-state index contributed by atoms with van der Waals surface area (Å²) in [5.74, 6) is -4.61. The van der Waals surface area contributed by atoms with E-state index >= 15 is 0 Å². The fourth-order valence-electron chi connectivity index (χ4n) is 5.32. The van der Waals surface area contributed by atoms with Gasteiger partial charge in [-0.05, 0) is 44.1 Å². The second-order valence-electron chi connectivity index (χ2n) is 9.18. The summed E-state index contributed by atoms with van der Waals surface area (Å²) in [6, 6.07) is 0. The largest absolute Gasteiger partial charge is 0.435 e. The first-order valence-corrected chi connectivity index (χ1v) is 10.5. The molecule has 0 spiro atoms. The number of rotatable bonds is 4. The van der Waals surface area contributed by atoms with Crippen molar-refractivity contribution in [3.8, 4) is 0 Å². The molecule has 3 N–H and O–H groups in total. The molecule has 176 valence electrons. The lowest BCUT2D eigenvalue weighted by atomic mass is 9.76. The zero-order chi connectivity index (χ0) is 23.5. The third-order valence-corrected chi connectivity index (χ3v) is 6.94. The normalized spacial score (nSPS) is 29.2. The van der Waals surface area contributed by atoms with Crippen LogP contribution in [-0.4, -0.2) is 46.6 Å². The first-order valence-electron chi connectivity index (χ1n) is 10.5. The number of amides is 2. The van der Waals surface area contributed by atoms with E-state index in [9.17, 15) is 31.5 Å². The number of aromatic nitrogens is 2. The van der Waals surface area contributed by atoms with Gasteiger partial charge in [0.15, 0.2) is 11.5 Å². The molecule has 32 heavy (non-hydrogen) atoms. The van der Waals surface area contributed by atoms with Gasteiger partial charge in [0.05, 0.1) is 5.56 Å². The molecule has 3 aliphatic carbocycles. The van der Waals surface area contributed by atoms with Gasteiger partial charge in [-0.15, -0.1) is 10.2 Å². The third-order valence-electron chi connectivity index (χ3n) is 6.94. The topological polar surface area (TPSA) is 101 Å². The van der Waals surface area contributed by atoms with Crippen LogP contribution >= 0.6 is 0 Å². The lowest BCUT2D eigenvalue weighted by Gasteiger charge is -2.39. The molecule has 12 heteroatoms. The van der Waals surface area contributed by atoms with E-state index in [1.165, 1.54) is 4.90 Å².